The SMILES string of the molecule is COC(=O)/C=C/CC1c2c(c3ccccc3n2C(=O)O)CCN1C/C=C/C=C/OC(=O)c1ccccc1. The largest absolute Gasteiger partial charge is 0.466 e. The van der Waals surface area contributed by atoms with E-state index in [1.165, 1.54) is 24.0 Å². The Balaban J connectivity index is 1.53. The van der Waals surface area contributed by atoms with E-state index in [0.717, 1.165) is 16.6 Å². The van der Waals surface area contributed by atoms with E-state index in [4.69, 9.17) is 9.47 Å². The van der Waals surface area contributed by atoms with Gasteiger partial charge in [0.2, 0.25) is 0 Å². The van der Waals surface area contributed by atoms with E-state index in [2.05, 4.69) is 4.90 Å². The van der Waals surface area contributed by atoms with Gasteiger partial charge in [-0.1, -0.05) is 54.6 Å². The van der Waals surface area contributed by atoms with Crippen LogP contribution in [0, 0.1) is 0 Å². The minimum absolute atomic E-state index is 0.266. The van der Waals surface area contributed by atoms with Gasteiger partial charge in [0.1, 0.15) is 0 Å². The van der Waals surface area contributed by atoms with Crippen LogP contribution in [-0.4, -0.2) is 52.8 Å². The van der Waals surface area contributed by atoms with Crippen molar-refractivity contribution in [1.82, 2.24) is 9.47 Å². The zero-order chi connectivity index (χ0) is 26.2. The standard InChI is InChI=1S/C29H28N2O6/c1-36-26(32)16-10-15-25-27-23(22-13-6-7-14-24(22)31(27)29(34)35)17-19-30(25)18-8-3-9-20-37-28(33)21-11-4-2-5-12-21/h2-14,16,20,25H,15,17-19H2,1H3,(H,34,35)/b8-3+,16-10+,20-9+. The molecule has 0 spiro atoms. The zero-order valence-corrected chi connectivity index (χ0v) is 20.4. The van der Waals surface area contributed by atoms with E-state index in [0.29, 0.717) is 37.0 Å². The topological polar surface area (TPSA) is 98.1 Å². The van der Waals surface area contributed by atoms with Crippen molar-refractivity contribution in [2.24, 2.45) is 0 Å². The second kappa shape index (κ2) is 12.0. The van der Waals surface area contributed by atoms with Crippen molar-refractivity contribution in [2.75, 3.05) is 20.2 Å². The fourth-order valence-electron chi connectivity index (χ4n) is 4.63. The van der Waals surface area contributed by atoms with E-state index in [9.17, 15) is 19.5 Å². The monoisotopic (exact) mass is 500 g/mol. The zero-order valence-electron chi connectivity index (χ0n) is 20.4. The van der Waals surface area contributed by atoms with E-state index < -0.39 is 18.0 Å². The first kappa shape index (κ1) is 25.7. The third-order valence-electron chi connectivity index (χ3n) is 6.28. The van der Waals surface area contributed by atoms with Crippen molar-refractivity contribution in [3.05, 3.63) is 108 Å². The Hall–Kier alpha value is -4.43. The smallest absolute Gasteiger partial charge is 0.416 e. The minimum atomic E-state index is -1.04. The molecule has 0 fully saturated rings. The fraction of sp³-hybridized carbons (Fsp3) is 0.207. The maximum absolute atomic E-state index is 12.3. The molecule has 3 aromatic rings. The van der Waals surface area contributed by atoms with Gasteiger partial charge in [-0.25, -0.2) is 19.0 Å². The van der Waals surface area contributed by atoms with Gasteiger partial charge in [-0.3, -0.25) is 4.90 Å². The second-order valence-corrected chi connectivity index (χ2v) is 8.45. The number of benzene rings is 2. The first-order valence-electron chi connectivity index (χ1n) is 11.9. The van der Waals surface area contributed by atoms with E-state index in [1.54, 1.807) is 42.5 Å². The predicted octanol–water partition coefficient (Wildman–Crippen LogP) is 5.11. The maximum atomic E-state index is 12.3. The number of esters is 2. The van der Waals surface area contributed by atoms with E-state index in [1.807, 2.05) is 36.4 Å². The van der Waals surface area contributed by atoms with Crippen molar-refractivity contribution >= 4 is 28.9 Å². The highest BCUT2D eigenvalue weighted by atomic mass is 16.5. The van der Waals surface area contributed by atoms with Crippen LogP contribution in [0.2, 0.25) is 0 Å². The van der Waals surface area contributed by atoms with Crippen LogP contribution in [-0.2, 0) is 20.7 Å². The van der Waals surface area contributed by atoms with Crippen LogP contribution in [0.4, 0.5) is 4.79 Å². The number of carboxylic acid groups (broad SMARTS) is 1. The lowest BCUT2D eigenvalue weighted by molar-refractivity contribution is -0.134. The molecule has 0 saturated heterocycles. The van der Waals surface area contributed by atoms with Crippen molar-refractivity contribution in [1.29, 1.82) is 0 Å². The van der Waals surface area contributed by atoms with E-state index in [-0.39, 0.29) is 6.04 Å². The molecule has 190 valence electrons. The molecule has 1 aliphatic rings. The van der Waals surface area contributed by atoms with Gasteiger partial charge in [-0.05, 0) is 42.7 Å². The summed E-state index contributed by atoms with van der Waals surface area (Å²) >= 11 is 0. The highest BCUT2D eigenvalue weighted by Gasteiger charge is 2.33. The summed E-state index contributed by atoms with van der Waals surface area (Å²) < 4.78 is 11.2. The number of carbonyl (C=O) groups excluding carboxylic acids is 2. The molecule has 0 amide bonds. The number of carbonyl (C=O) groups is 3. The van der Waals surface area contributed by atoms with Gasteiger partial charge < -0.3 is 14.6 Å². The summed E-state index contributed by atoms with van der Waals surface area (Å²) in [5.74, 6) is -0.899. The van der Waals surface area contributed by atoms with Crippen molar-refractivity contribution in [3.63, 3.8) is 0 Å². The molecule has 1 aliphatic heterocycles. The number of hydrogen-bond acceptors (Lipinski definition) is 6. The Morgan fingerprint density at radius 2 is 1.78 bits per heavy atom. The summed E-state index contributed by atoms with van der Waals surface area (Å²) in [4.78, 5) is 38.1. The van der Waals surface area contributed by atoms with E-state index >= 15 is 0 Å². The quantitative estimate of drug-likeness (QED) is 0.199. The average Bonchev–Trinajstić information content (AvgIpc) is 3.26. The fourth-order valence-corrected chi connectivity index (χ4v) is 4.63. The molecule has 0 aliphatic carbocycles. The van der Waals surface area contributed by atoms with Gasteiger partial charge in [0.05, 0.1) is 36.2 Å². The number of ether oxygens (including phenoxy) is 2. The Labute approximate surface area is 214 Å². The molecule has 2 aromatic carbocycles. The van der Waals surface area contributed by atoms with Gasteiger partial charge in [-0.15, -0.1) is 0 Å². The molecule has 2 heterocycles. The summed E-state index contributed by atoms with van der Waals surface area (Å²) in [6, 6.07) is 16.0. The normalized spacial score (nSPS) is 16.0. The number of allylic oxidation sites excluding steroid dienone is 2. The average molecular weight is 501 g/mol. The lowest BCUT2D eigenvalue weighted by Crippen LogP contribution is -2.37. The molecule has 8 nitrogen and oxygen atoms in total. The first-order valence-corrected chi connectivity index (χ1v) is 11.9. The minimum Gasteiger partial charge on any atom is -0.466 e. The Kier molecular flexibility index (Phi) is 8.33. The third-order valence-corrected chi connectivity index (χ3v) is 6.28. The third kappa shape index (κ3) is 5.87. The van der Waals surface area contributed by atoms with Crippen molar-refractivity contribution in [2.45, 2.75) is 18.9 Å². The number of hydrogen-bond donors (Lipinski definition) is 1. The van der Waals surface area contributed by atoms with Crippen LogP contribution in [0.3, 0.4) is 0 Å². The van der Waals surface area contributed by atoms with Gasteiger partial charge in [-0.2, -0.15) is 0 Å². The number of methoxy groups -OCH3 is 1. The van der Waals surface area contributed by atoms with Gasteiger partial charge >= 0.3 is 18.0 Å². The highest BCUT2D eigenvalue weighted by Crippen LogP contribution is 2.38. The van der Waals surface area contributed by atoms with Crippen molar-refractivity contribution in [3.8, 4) is 0 Å². The number of para-hydroxylation sites is 1. The van der Waals surface area contributed by atoms with Gasteiger partial charge in [0.15, 0.2) is 0 Å². The van der Waals surface area contributed by atoms with Gasteiger partial charge in [0, 0.05) is 24.6 Å². The van der Waals surface area contributed by atoms with Crippen LogP contribution in [0.5, 0.6) is 0 Å². The molecule has 37 heavy (non-hydrogen) atoms. The van der Waals surface area contributed by atoms with Crippen LogP contribution >= 0.6 is 0 Å². The predicted molar refractivity (Wildman–Crippen MR) is 139 cm³/mol. The summed E-state index contributed by atoms with van der Waals surface area (Å²) in [5.41, 5.74) is 2.86. The van der Waals surface area contributed by atoms with Crippen LogP contribution in [0.1, 0.15) is 34.1 Å². The van der Waals surface area contributed by atoms with Crippen LogP contribution in [0.15, 0.2) is 91.2 Å². The molecule has 1 N–H and O–H groups in total. The lowest BCUT2D eigenvalue weighted by atomic mass is 9.95. The lowest BCUT2D eigenvalue weighted by Gasteiger charge is -2.35. The molecule has 0 saturated carbocycles. The summed E-state index contributed by atoms with van der Waals surface area (Å²) in [7, 11) is 1.31. The molecule has 1 atom stereocenters. The van der Waals surface area contributed by atoms with Gasteiger partial charge in [0.25, 0.3) is 0 Å². The molecule has 1 unspecified atom stereocenters. The van der Waals surface area contributed by atoms with Crippen molar-refractivity contribution < 1.29 is 29.0 Å². The molecule has 1 aromatic heterocycles. The molecule has 0 radical (unpaired) electrons. The molecular formula is C29H28N2O6. The summed E-state index contributed by atoms with van der Waals surface area (Å²) in [5, 5.41) is 11.0. The Morgan fingerprint density at radius 1 is 1.03 bits per heavy atom. The number of nitrogens with zero attached hydrogens (tertiary/aromatic N) is 2. The first-order chi connectivity index (χ1) is 18.0. The summed E-state index contributed by atoms with van der Waals surface area (Å²) in [6.45, 7) is 1.25. The highest BCUT2D eigenvalue weighted by molar-refractivity contribution is 5.93. The molecule has 4 rings (SSSR count). The number of aromatic nitrogens is 1. The Morgan fingerprint density at radius 3 is 2.54 bits per heavy atom. The maximum Gasteiger partial charge on any atom is 0.416 e. The summed E-state index contributed by atoms with van der Waals surface area (Å²) in [6.07, 6.45) is 9.84. The second-order valence-electron chi connectivity index (χ2n) is 8.45. The molecular weight excluding hydrogens is 472 g/mol. The molecule has 0 bridgehead atoms. The van der Waals surface area contributed by atoms with Crippen LogP contribution < -0.4 is 0 Å². The van der Waals surface area contributed by atoms with Crippen LogP contribution in [0.25, 0.3) is 10.9 Å². The Bertz CT molecular complexity index is 1370. The number of fused-ring (bicyclic) bond motifs is 3. The molecule has 8 heteroatoms. The number of rotatable bonds is 8.